The van der Waals surface area contributed by atoms with Gasteiger partial charge in [-0.25, -0.2) is 0 Å². The molecule has 1 saturated carbocycles. The molecule has 2 unspecified atom stereocenters. The average Bonchev–Trinajstić information content (AvgIpc) is 2.59. The van der Waals surface area contributed by atoms with Crippen LogP contribution in [0.3, 0.4) is 0 Å². The number of nitrogens with one attached hydrogen (secondary N) is 1. The molecule has 0 aliphatic heterocycles. The summed E-state index contributed by atoms with van der Waals surface area (Å²) in [5.41, 5.74) is 7.04. The monoisotopic (exact) mass is 349 g/mol. The van der Waals surface area contributed by atoms with Gasteiger partial charge in [-0.05, 0) is 57.1 Å². The van der Waals surface area contributed by atoms with Crippen molar-refractivity contribution in [2.75, 3.05) is 11.9 Å². The van der Waals surface area contributed by atoms with E-state index in [2.05, 4.69) is 5.32 Å². The molecule has 2 rings (SSSR count). The van der Waals surface area contributed by atoms with Crippen molar-refractivity contribution < 1.29 is 10.0 Å². The van der Waals surface area contributed by atoms with E-state index in [1.54, 1.807) is 12.1 Å². The summed E-state index contributed by atoms with van der Waals surface area (Å²) in [5.74, 6) is 0.280. The quantitative estimate of drug-likeness (QED) is 0.377. The van der Waals surface area contributed by atoms with Gasteiger partial charge >= 0.3 is 0 Å². The van der Waals surface area contributed by atoms with Crippen LogP contribution >= 0.6 is 0 Å². The van der Waals surface area contributed by atoms with Crippen LogP contribution in [0.4, 0.5) is 11.4 Å². The maximum absolute atomic E-state index is 11.1. The summed E-state index contributed by atoms with van der Waals surface area (Å²) < 4.78 is 0. The first-order valence-corrected chi connectivity index (χ1v) is 9.29. The molecule has 1 aliphatic carbocycles. The molecule has 0 heterocycles. The highest BCUT2D eigenvalue weighted by molar-refractivity contribution is 5.62. The van der Waals surface area contributed by atoms with Gasteiger partial charge in [0.25, 0.3) is 5.69 Å². The van der Waals surface area contributed by atoms with Gasteiger partial charge < -0.3 is 16.2 Å². The Hall–Kier alpha value is -1.66. The zero-order valence-electron chi connectivity index (χ0n) is 15.3. The van der Waals surface area contributed by atoms with Gasteiger partial charge in [0.2, 0.25) is 0 Å². The van der Waals surface area contributed by atoms with Crippen LogP contribution in [0.25, 0.3) is 0 Å². The SMILES string of the molecule is Cc1ccc([N+](=O)[O-])c(NCCCC(N)C(C)(O)C2CCCCC2)c1. The fourth-order valence-corrected chi connectivity index (χ4v) is 3.78. The van der Waals surface area contributed by atoms with Gasteiger partial charge in [-0.2, -0.15) is 0 Å². The molecule has 0 radical (unpaired) electrons. The van der Waals surface area contributed by atoms with Crippen LogP contribution in [0, 0.1) is 23.0 Å². The second kappa shape index (κ2) is 8.63. The number of anilines is 1. The summed E-state index contributed by atoms with van der Waals surface area (Å²) in [4.78, 5) is 10.7. The van der Waals surface area contributed by atoms with Crippen molar-refractivity contribution in [3.8, 4) is 0 Å². The van der Waals surface area contributed by atoms with Crippen LogP contribution in [0.5, 0.6) is 0 Å². The summed E-state index contributed by atoms with van der Waals surface area (Å²) in [5, 5.41) is 25.1. The molecule has 6 heteroatoms. The van der Waals surface area contributed by atoms with Gasteiger partial charge in [0.1, 0.15) is 5.69 Å². The predicted octanol–water partition coefficient (Wildman–Crippen LogP) is 3.75. The number of nitro benzene ring substituents is 1. The Kier molecular flexibility index (Phi) is 6.79. The molecule has 1 aromatic carbocycles. The molecule has 0 spiro atoms. The zero-order chi connectivity index (χ0) is 18.4. The summed E-state index contributed by atoms with van der Waals surface area (Å²) in [7, 11) is 0. The smallest absolute Gasteiger partial charge is 0.292 e. The third kappa shape index (κ3) is 5.16. The molecule has 25 heavy (non-hydrogen) atoms. The van der Waals surface area contributed by atoms with E-state index in [1.807, 2.05) is 13.8 Å². The Morgan fingerprint density at radius 3 is 2.72 bits per heavy atom. The van der Waals surface area contributed by atoms with E-state index in [-0.39, 0.29) is 22.6 Å². The minimum absolute atomic E-state index is 0.0871. The Labute approximate surface area is 150 Å². The van der Waals surface area contributed by atoms with E-state index in [0.717, 1.165) is 24.8 Å². The van der Waals surface area contributed by atoms with Crippen LogP contribution < -0.4 is 11.1 Å². The average molecular weight is 349 g/mol. The molecule has 2 atom stereocenters. The lowest BCUT2D eigenvalue weighted by molar-refractivity contribution is -0.384. The van der Waals surface area contributed by atoms with E-state index in [1.165, 1.54) is 25.3 Å². The number of nitrogens with two attached hydrogens (primary N) is 1. The summed E-state index contributed by atoms with van der Waals surface area (Å²) >= 11 is 0. The van der Waals surface area contributed by atoms with Crippen molar-refractivity contribution in [1.29, 1.82) is 0 Å². The molecule has 4 N–H and O–H groups in total. The van der Waals surface area contributed by atoms with Crippen molar-refractivity contribution in [2.24, 2.45) is 11.7 Å². The zero-order valence-corrected chi connectivity index (χ0v) is 15.3. The highest BCUT2D eigenvalue weighted by Crippen LogP contribution is 2.35. The van der Waals surface area contributed by atoms with Gasteiger partial charge in [-0.1, -0.05) is 25.3 Å². The van der Waals surface area contributed by atoms with Crippen molar-refractivity contribution >= 4 is 11.4 Å². The molecule has 0 bridgehead atoms. The second-order valence-electron chi connectivity index (χ2n) is 7.51. The van der Waals surface area contributed by atoms with Gasteiger partial charge in [0.05, 0.1) is 10.5 Å². The minimum atomic E-state index is -0.838. The number of hydrogen-bond donors (Lipinski definition) is 3. The number of rotatable bonds is 8. The predicted molar refractivity (Wildman–Crippen MR) is 101 cm³/mol. The van der Waals surface area contributed by atoms with Crippen molar-refractivity contribution in [2.45, 2.75) is 70.4 Å². The van der Waals surface area contributed by atoms with E-state index < -0.39 is 5.60 Å². The minimum Gasteiger partial charge on any atom is -0.388 e. The lowest BCUT2D eigenvalue weighted by atomic mass is 9.73. The fraction of sp³-hybridized carbons (Fsp3) is 0.684. The molecule has 1 aliphatic rings. The highest BCUT2D eigenvalue weighted by atomic mass is 16.6. The molecule has 0 amide bonds. The number of nitrogens with zero attached hydrogens (tertiary/aromatic N) is 1. The third-order valence-corrected chi connectivity index (χ3v) is 5.54. The number of nitro groups is 1. The fourth-order valence-electron chi connectivity index (χ4n) is 3.78. The van der Waals surface area contributed by atoms with Crippen molar-refractivity contribution in [3.05, 3.63) is 33.9 Å². The molecular formula is C19H31N3O3. The van der Waals surface area contributed by atoms with Crippen LogP contribution in [0.1, 0.15) is 57.4 Å². The van der Waals surface area contributed by atoms with E-state index in [4.69, 9.17) is 5.73 Å². The summed E-state index contributed by atoms with van der Waals surface area (Å²) in [6, 6.07) is 4.78. The Morgan fingerprint density at radius 2 is 2.08 bits per heavy atom. The Balaban J connectivity index is 1.84. The molecule has 6 nitrogen and oxygen atoms in total. The van der Waals surface area contributed by atoms with Gasteiger partial charge in [-0.15, -0.1) is 0 Å². The molecule has 140 valence electrons. The molecule has 0 aromatic heterocycles. The Bertz CT molecular complexity index is 583. The molecule has 0 saturated heterocycles. The van der Waals surface area contributed by atoms with Crippen LogP contribution in [0.15, 0.2) is 18.2 Å². The number of aliphatic hydroxyl groups is 1. The third-order valence-electron chi connectivity index (χ3n) is 5.54. The maximum Gasteiger partial charge on any atom is 0.292 e. The molecule has 1 aromatic rings. The standard InChI is InChI=1S/C19H31N3O3/c1-14-10-11-17(22(24)25)16(13-14)21-12-6-9-18(20)19(2,23)15-7-4-3-5-8-15/h10-11,13,15,18,21,23H,3-9,12,20H2,1-2H3. The number of benzene rings is 1. The van der Waals surface area contributed by atoms with Gasteiger partial charge in [0, 0.05) is 18.7 Å². The van der Waals surface area contributed by atoms with Crippen LogP contribution in [0.2, 0.25) is 0 Å². The summed E-state index contributed by atoms with van der Waals surface area (Å²) in [6.07, 6.45) is 7.15. The van der Waals surface area contributed by atoms with E-state index >= 15 is 0 Å². The van der Waals surface area contributed by atoms with E-state index in [9.17, 15) is 15.2 Å². The highest BCUT2D eigenvalue weighted by Gasteiger charge is 2.37. The second-order valence-corrected chi connectivity index (χ2v) is 7.51. The first kappa shape index (κ1) is 19.7. The lowest BCUT2D eigenvalue weighted by Gasteiger charge is -2.40. The molecular weight excluding hydrogens is 318 g/mol. The number of hydrogen-bond acceptors (Lipinski definition) is 5. The van der Waals surface area contributed by atoms with E-state index in [0.29, 0.717) is 18.7 Å². The van der Waals surface area contributed by atoms with Gasteiger partial charge in [0.15, 0.2) is 0 Å². The van der Waals surface area contributed by atoms with Gasteiger partial charge in [-0.3, -0.25) is 10.1 Å². The molecule has 1 fully saturated rings. The number of aryl methyl sites for hydroxylation is 1. The Morgan fingerprint density at radius 1 is 1.40 bits per heavy atom. The lowest BCUT2D eigenvalue weighted by Crippen LogP contribution is -2.51. The van der Waals surface area contributed by atoms with Crippen LogP contribution in [-0.2, 0) is 0 Å². The van der Waals surface area contributed by atoms with Crippen molar-refractivity contribution in [3.63, 3.8) is 0 Å². The maximum atomic E-state index is 11.1. The normalized spacial score (nSPS) is 19.2. The van der Waals surface area contributed by atoms with Crippen LogP contribution in [-0.4, -0.2) is 28.2 Å². The first-order chi connectivity index (χ1) is 11.8. The van der Waals surface area contributed by atoms with Crippen molar-refractivity contribution in [1.82, 2.24) is 0 Å². The summed E-state index contributed by atoms with van der Waals surface area (Å²) in [6.45, 7) is 4.37. The topological polar surface area (TPSA) is 101 Å². The first-order valence-electron chi connectivity index (χ1n) is 9.29. The largest absolute Gasteiger partial charge is 0.388 e.